The molecular weight excluding hydrogens is 272 g/mol. The fourth-order valence-corrected chi connectivity index (χ4v) is 2.25. The summed E-state index contributed by atoms with van der Waals surface area (Å²) >= 11 is 4.97. The predicted molar refractivity (Wildman–Crippen MR) is 66.5 cm³/mol. The third kappa shape index (κ3) is 2.76. The third-order valence-electron chi connectivity index (χ3n) is 2.11. The van der Waals surface area contributed by atoms with E-state index in [0.717, 1.165) is 15.6 Å². The van der Waals surface area contributed by atoms with Gasteiger partial charge in [0.1, 0.15) is 0 Å². The SMILES string of the molecule is O=C(Cc1ccsc1)c1ccc(Br)cc1. The molecule has 2 aromatic rings. The maximum Gasteiger partial charge on any atom is 0.167 e. The van der Waals surface area contributed by atoms with Crippen LogP contribution in [0, 0.1) is 0 Å². The van der Waals surface area contributed by atoms with Gasteiger partial charge in [-0.15, -0.1) is 0 Å². The zero-order valence-electron chi connectivity index (χ0n) is 7.94. The minimum atomic E-state index is 0.168. The zero-order valence-corrected chi connectivity index (χ0v) is 10.3. The normalized spacial score (nSPS) is 10.2. The van der Waals surface area contributed by atoms with Gasteiger partial charge in [-0.25, -0.2) is 0 Å². The van der Waals surface area contributed by atoms with Crippen LogP contribution in [0.5, 0.6) is 0 Å². The lowest BCUT2D eigenvalue weighted by Crippen LogP contribution is -2.02. The van der Waals surface area contributed by atoms with Crippen LogP contribution in [0.15, 0.2) is 45.6 Å². The molecule has 0 spiro atoms. The molecule has 0 N–H and O–H groups in total. The van der Waals surface area contributed by atoms with Crippen LogP contribution in [0.2, 0.25) is 0 Å². The fourth-order valence-electron chi connectivity index (χ4n) is 1.32. The number of ketones is 1. The molecule has 0 saturated carbocycles. The van der Waals surface area contributed by atoms with Crippen LogP contribution in [-0.2, 0) is 6.42 Å². The highest BCUT2D eigenvalue weighted by Crippen LogP contribution is 2.14. The number of rotatable bonds is 3. The Morgan fingerprint density at radius 3 is 2.53 bits per heavy atom. The Balaban J connectivity index is 2.11. The summed E-state index contributed by atoms with van der Waals surface area (Å²) in [5.74, 6) is 0.168. The highest BCUT2D eigenvalue weighted by molar-refractivity contribution is 9.10. The monoisotopic (exact) mass is 280 g/mol. The molecule has 0 aliphatic heterocycles. The average Bonchev–Trinajstić information content (AvgIpc) is 2.71. The second-order valence-electron chi connectivity index (χ2n) is 3.24. The Labute approximate surface area is 101 Å². The first-order valence-corrected chi connectivity index (χ1v) is 6.29. The van der Waals surface area contributed by atoms with E-state index in [4.69, 9.17) is 0 Å². The first-order chi connectivity index (χ1) is 7.25. The van der Waals surface area contributed by atoms with Gasteiger partial charge in [0.2, 0.25) is 0 Å². The van der Waals surface area contributed by atoms with Gasteiger partial charge in [0.05, 0.1) is 0 Å². The van der Waals surface area contributed by atoms with Gasteiger partial charge in [0.25, 0.3) is 0 Å². The summed E-state index contributed by atoms with van der Waals surface area (Å²) in [6.07, 6.45) is 0.491. The molecule has 1 aromatic heterocycles. The minimum absolute atomic E-state index is 0.168. The van der Waals surface area contributed by atoms with Crippen molar-refractivity contribution in [3.63, 3.8) is 0 Å². The molecule has 0 fully saturated rings. The molecule has 76 valence electrons. The van der Waals surface area contributed by atoms with Crippen LogP contribution >= 0.6 is 27.3 Å². The second kappa shape index (κ2) is 4.73. The summed E-state index contributed by atoms with van der Waals surface area (Å²) in [5, 5.41) is 4.00. The first-order valence-electron chi connectivity index (χ1n) is 4.55. The van der Waals surface area contributed by atoms with Gasteiger partial charge in [-0.05, 0) is 34.5 Å². The van der Waals surface area contributed by atoms with Crippen molar-refractivity contribution in [3.05, 3.63) is 56.7 Å². The number of thiophene rings is 1. The Morgan fingerprint density at radius 2 is 1.93 bits per heavy atom. The fraction of sp³-hybridized carbons (Fsp3) is 0.0833. The van der Waals surface area contributed by atoms with Crippen molar-refractivity contribution in [2.45, 2.75) is 6.42 Å². The van der Waals surface area contributed by atoms with Gasteiger partial charge >= 0.3 is 0 Å². The molecule has 0 saturated heterocycles. The number of carbonyl (C=O) groups excluding carboxylic acids is 1. The minimum Gasteiger partial charge on any atom is -0.294 e. The molecule has 0 aliphatic rings. The van der Waals surface area contributed by atoms with Gasteiger partial charge in [-0.2, -0.15) is 11.3 Å². The molecule has 0 amide bonds. The number of benzene rings is 1. The molecule has 15 heavy (non-hydrogen) atoms. The van der Waals surface area contributed by atoms with Crippen LogP contribution in [0.3, 0.4) is 0 Å². The Hall–Kier alpha value is -0.930. The molecule has 2 rings (SSSR count). The average molecular weight is 281 g/mol. The maximum atomic E-state index is 11.8. The van der Waals surface area contributed by atoms with E-state index >= 15 is 0 Å². The van der Waals surface area contributed by atoms with Gasteiger partial charge in [0.15, 0.2) is 5.78 Å². The van der Waals surface area contributed by atoms with E-state index in [9.17, 15) is 4.79 Å². The molecular formula is C12H9BrOS. The molecule has 0 atom stereocenters. The Kier molecular flexibility index (Phi) is 3.34. The van der Waals surface area contributed by atoms with Crippen LogP contribution < -0.4 is 0 Å². The van der Waals surface area contributed by atoms with E-state index in [2.05, 4.69) is 15.9 Å². The van der Waals surface area contributed by atoms with Crippen molar-refractivity contribution in [2.75, 3.05) is 0 Å². The molecule has 0 radical (unpaired) electrons. The van der Waals surface area contributed by atoms with Crippen molar-refractivity contribution in [1.82, 2.24) is 0 Å². The topological polar surface area (TPSA) is 17.1 Å². The molecule has 1 nitrogen and oxygen atoms in total. The molecule has 3 heteroatoms. The predicted octanol–water partition coefficient (Wildman–Crippen LogP) is 3.94. The molecule has 0 aliphatic carbocycles. The summed E-state index contributed by atoms with van der Waals surface area (Å²) in [6.45, 7) is 0. The van der Waals surface area contributed by atoms with Crippen molar-refractivity contribution in [1.29, 1.82) is 0 Å². The first kappa shape index (κ1) is 10.6. The molecule has 1 heterocycles. The van der Waals surface area contributed by atoms with Gasteiger partial charge in [-0.3, -0.25) is 4.79 Å². The Bertz CT molecular complexity index is 445. The summed E-state index contributed by atoms with van der Waals surface area (Å²) < 4.78 is 0.995. The highest BCUT2D eigenvalue weighted by Gasteiger charge is 2.06. The van der Waals surface area contributed by atoms with Crippen molar-refractivity contribution < 1.29 is 4.79 Å². The van der Waals surface area contributed by atoms with Gasteiger partial charge in [0, 0.05) is 16.5 Å². The van der Waals surface area contributed by atoms with Crippen LogP contribution in [0.1, 0.15) is 15.9 Å². The second-order valence-corrected chi connectivity index (χ2v) is 4.93. The van der Waals surface area contributed by atoms with E-state index in [1.165, 1.54) is 0 Å². The van der Waals surface area contributed by atoms with Crippen molar-refractivity contribution >= 4 is 33.0 Å². The molecule has 0 bridgehead atoms. The number of hydrogen-bond donors (Lipinski definition) is 0. The Morgan fingerprint density at radius 1 is 1.20 bits per heavy atom. The number of hydrogen-bond acceptors (Lipinski definition) is 2. The van der Waals surface area contributed by atoms with Crippen molar-refractivity contribution in [3.8, 4) is 0 Å². The van der Waals surface area contributed by atoms with E-state index in [1.807, 2.05) is 41.1 Å². The lowest BCUT2D eigenvalue weighted by molar-refractivity contribution is 0.0993. The van der Waals surface area contributed by atoms with Crippen molar-refractivity contribution in [2.24, 2.45) is 0 Å². The smallest absolute Gasteiger partial charge is 0.167 e. The molecule has 1 aromatic carbocycles. The number of carbonyl (C=O) groups is 1. The van der Waals surface area contributed by atoms with Gasteiger partial charge in [-0.1, -0.05) is 28.1 Å². The highest BCUT2D eigenvalue weighted by atomic mass is 79.9. The molecule has 0 unspecified atom stereocenters. The standard InChI is InChI=1S/C12H9BrOS/c13-11-3-1-10(2-4-11)12(14)7-9-5-6-15-8-9/h1-6,8H,7H2. The largest absolute Gasteiger partial charge is 0.294 e. The number of halogens is 1. The summed E-state index contributed by atoms with van der Waals surface area (Å²) in [4.78, 5) is 11.8. The van der Waals surface area contributed by atoms with E-state index in [1.54, 1.807) is 11.3 Å². The summed E-state index contributed by atoms with van der Waals surface area (Å²) in [7, 11) is 0. The summed E-state index contributed by atoms with van der Waals surface area (Å²) in [5.41, 5.74) is 1.86. The van der Waals surface area contributed by atoms with Crippen LogP contribution in [-0.4, -0.2) is 5.78 Å². The van der Waals surface area contributed by atoms with E-state index < -0.39 is 0 Å². The van der Waals surface area contributed by atoms with Crippen LogP contribution in [0.4, 0.5) is 0 Å². The zero-order chi connectivity index (χ0) is 10.7. The summed E-state index contributed by atoms with van der Waals surface area (Å²) in [6, 6.07) is 9.46. The van der Waals surface area contributed by atoms with Crippen LogP contribution in [0.25, 0.3) is 0 Å². The van der Waals surface area contributed by atoms with E-state index in [-0.39, 0.29) is 5.78 Å². The lowest BCUT2D eigenvalue weighted by atomic mass is 10.1. The van der Waals surface area contributed by atoms with E-state index in [0.29, 0.717) is 6.42 Å². The maximum absolute atomic E-state index is 11.8. The lowest BCUT2D eigenvalue weighted by Gasteiger charge is -1.99. The quantitative estimate of drug-likeness (QED) is 0.779. The number of Topliss-reactive ketones (excluding diaryl/α,β-unsaturated/α-hetero) is 1. The third-order valence-corrected chi connectivity index (χ3v) is 3.37. The van der Waals surface area contributed by atoms with Gasteiger partial charge < -0.3 is 0 Å².